The van der Waals surface area contributed by atoms with Gasteiger partial charge in [-0.15, -0.1) is 11.3 Å². The van der Waals surface area contributed by atoms with E-state index >= 15 is 0 Å². The molecule has 2 heterocycles. The van der Waals surface area contributed by atoms with Crippen molar-refractivity contribution in [2.24, 2.45) is 0 Å². The van der Waals surface area contributed by atoms with Crippen molar-refractivity contribution in [1.29, 1.82) is 0 Å². The van der Waals surface area contributed by atoms with Crippen LogP contribution in [0.5, 0.6) is 0 Å². The summed E-state index contributed by atoms with van der Waals surface area (Å²) in [6.45, 7) is 4.54. The molecule has 3 rings (SSSR count). The van der Waals surface area contributed by atoms with Gasteiger partial charge in [-0.25, -0.2) is 9.78 Å². The van der Waals surface area contributed by atoms with E-state index in [2.05, 4.69) is 31.0 Å². The van der Waals surface area contributed by atoms with Gasteiger partial charge in [0, 0.05) is 31.0 Å². The summed E-state index contributed by atoms with van der Waals surface area (Å²) in [6, 6.07) is 7.25. The normalized spacial score (nSPS) is 19.9. The molecule has 0 radical (unpaired) electrons. The predicted octanol–water partition coefficient (Wildman–Crippen LogP) is 3.25. The fraction of sp³-hybridized carbons (Fsp3) is 0.421. The predicted molar refractivity (Wildman–Crippen MR) is 99.5 cm³/mol. The van der Waals surface area contributed by atoms with Gasteiger partial charge in [-0.05, 0) is 11.5 Å². The molecule has 138 valence electrons. The molecule has 6 nitrogen and oxygen atoms in total. The molecule has 1 aromatic heterocycles. The van der Waals surface area contributed by atoms with Gasteiger partial charge in [-0.2, -0.15) is 0 Å². The number of hydrogen-bond acceptors (Lipinski definition) is 5. The molecular weight excluding hydrogens is 352 g/mol. The summed E-state index contributed by atoms with van der Waals surface area (Å²) in [4.78, 5) is 30.0. The van der Waals surface area contributed by atoms with E-state index in [1.165, 1.54) is 28.9 Å². The molecule has 2 atom stereocenters. The zero-order chi connectivity index (χ0) is 18.8. The maximum Gasteiger partial charge on any atom is 0.326 e. The van der Waals surface area contributed by atoms with Crippen LogP contribution in [0.2, 0.25) is 0 Å². The second-order valence-corrected chi connectivity index (χ2v) is 7.58. The van der Waals surface area contributed by atoms with E-state index in [1.807, 2.05) is 12.1 Å². The summed E-state index contributed by atoms with van der Waals surface area (Å²) in [7, 11) is 1.53. The fourth-order valence-electron chi connectivity index (χ4n) is 3.09. The van der Waals surface area contributed by atoms with Crippen LogP contribution in [0.25, 0.3) is 10.6 Å². The number of hydrogen-bond donors (Lipinski definition) is 1. The zero-order valence-corrected chi connectivity index (χ0v) is 15.8. The van der Waals surface area contributed by atoms with Crippen LogP contribution in [0.15, 0.2) is 29.6 Å². The monoisotopic (exact) mass is 374 g/mol. The molecule has 1 aliphatic heterocycles. The number of rotatable bonds is 5. The summed E-state index contributed by atoms with van der Waals surface area (Å²) < 4.78 is 5.24. The number of methoxy groups -OCH3 is 1. The Kier molecular flexibility index (Phi) is 5.38. The van der Waals surface area contributed by atoms with Crippen LogP contribution in [0.3, 0.4) is 0 Å². The lowest BCUT2D eigenvalue weighted by molar-refractivity contribution is -0.141. The van der Waals surface area contributed by atoms with Crippen molar-refractivity contribution < 1.29 is 19.4 Å². The minimum Gasteiger partial charge on any atom is -0.480 e. The van der Waals surface area contributed by atoms with Crippen LogP contribution in [-0.4, -0.2) is 52.7 Å². The summed E-state index contributed by atoms with van der Waals surface area (Å²) in [5, 5.41) is 11.8. The zero-order valence-electron chi connectivity index (χ0n) is 15.0. The van der Waals surface area contributed by atoms with Gasteiger partial charge >= 0.3 is 5.97 Å². The van der Waals surface area contributed by atoms with E-state index in [0.29, 0.717) is 12.3 Å². The third kappa shape index (κ3) is 3.64. The molecule has 1 amide bonds. The maximum absolute atomic E-state index is 12.8. The minimum absolute atomic E-state index is 0.262. The molecule has 2 unspecified atom stereocenters. The van der Waals surface area contributed by atoms with E-state index < -0.39 is 12.0 Å². The van der Waals surface area contributed by atoms with Crippen molar-refractivity contribution >= 4 is 23.2 Å². The van der Waals surface area contributed by atoms with Crippen LogP contribution in [-0.2, 0) is 9.53 Å². The lowest BCUT2D eigenvalue weighted by Gasteiger charge is -2.19. The van der Waals surface area contributed by atoms with E-state index in [-0.39, 0.29) is 24.2 Å². The van der Waals surface area contributed by atoms with Crippen molar-refractivity contribution in [2.45, 2.75) is 38.3 Å². The van der Waals surface area contributed by atoms with Crippen molar-refractivity contribution in [2.75, 3.05) is 13.7 Å². The maximum atomic E-state index is 12.8. The number of carbonyl (C=O) groups is 2. The van der Waals surface area contributed by atoms with E-state index in [0.717, 1.165) is 10.6 Å². The molecule has 1 N–H and O–H groups in total. The largest absolute Gasteiger partial charge is 0.480 e. The van der Waals surface area contributed by atoms with Gasteiger partial charge in [0.15, 0.2) is 0 Å². The first-order chi connectivity index (χ1) is 12.4. The topological polar surface area (TPSA) is 79.7 Å². The Balaban J connectivity index is 1.80. The first-order valence-corrected chi connectivity index (χ1v) is 9.41. The number of ether oxygens (including phenoxy) is 1. The van der Waals surface area contributed by atoms with Gasteiger partial charge in [0.1, 0.15) is 16.7 Å². The number of nitrogens with zero attached hydrogens (tertiary/aromatic N) is 2. The van der Waals surface area contributed by atoms with Gasteiger partial charge in [-0.1, -0.05) is 38.1 Å². The second kappa shape index (κ2) is 7.55. The average molecular weight is 374 g/mol. The summed E-state index contributed by atoms with van der Waals surface area (Å²) in [5.41, 5.74) is 2.47. The molecule has 26 heavy (non-hydrogen) atoms. The SMILES string of the molecule is COC1CC(C(=O)O)N(C(=O)c2csc(-c3ccc(C(C)C)cc3)n2)C1. The Labute approximate surface area is 156 Å². The third-order valence-corrected chi connectivity index (χ3v) is 5.58. The van der Waals surface area contributed by atoms with Crippen LogP contribution < -0.4 is 0 Å². The fourth-order valence-corrected chi connectivity index (χ4v) is 3.89. The number of thiazole rings is 1. The molecule has 0 saturated carbocycles. The van der Waals surface area contributed by atoms with Gasteiger partial charge in [-0.3, -0.25) is 4.79 Å². The lowest BCUT2D eigenvalue weighted by Crippen LogP contribution is -2.40. The van der Waals surface area contributed by atoms with Gasteiger partial charge in [0.05, 0.1) is 6.10 Å². The molecule has 1 aliphatic rings. The van der Waals surface area contributed by atoms with Crippen LogP contribution in [0.1, 0.15) is 42.2 Å². The smallest absolute Gasteiger partial charge is 0.326 e. The van der Waals surface area contributed by atoms with Crippen LogP contribution in [0.4, 0.5) is 0 Å². The number of carboxylic acids is 1. The highest BCUT2D eigenvalue weighted by molar-refractivity contribution is 7.13. The molecule has 7 heteroatoms. The third-order valence-electron chi connectivity index (χ3n) is 4.69. The van der Waals surface area contributed by atoms with Gasteiger partial charge < -0.3 is 14.7 Å². The standard InChI is InChI=1S/C19H22N2O4S/c1-11(2)12-4-6-13(7-5-12)17-20-15(10-26-17)18(22)21-9-14(25-3)8-16(21)19(23)24/h4-7,10-11,14,16H,8-9H2,1-3H3,(H,23,24). The van der Waals surface area contributed by atoms with Crippen LogP contribution >= 0.6 is 11.3 Å². The minimum atomic E-state index is -1.02. The lowest BCUT2D eigenvalue weighted by atomic mass is 10.0. The van der Waals surface area contributed by atoms with Crippen molar-refractivity contribution in [3.8, 4) is 10.6 Å². The number of carboxylic acid groups (broad SMARTS) is 1. The molecule has 1 aromatic carbocycles. The Morgan fingerprint density at radius 1 is 1.31 bits per heavy atom. The van der Waals surface area contributed by atoms with Crippen molar-refractivity contribution in [1.82, 2.24) is 9.88 Å². The number of likely N-dealkylation sites (tertiary alicyclic amines) is 1. The Morgan fingerprint density at radius 3 is 2.58 bits per heavy atom. The number of carbonyl (C=O) groups excluding carboxylic acids is 1. The molecule has 0 bridgehead atoms. The molecule has 1 saturated heterocycles. The molecule has 1 fully saturated rings. The van der Waals surface area contributed by atoms with E-state index in [4.69, 9.17) is 4.74 Å². The number of aromatic nitrogens is 1. The highest BCUT2D eigenvalue weighted by Gasteiger charge is 2.40. The summed E-state index contributed by atoms with van der Waals surface area (Å²) in [6.07, 6.45) is 0.0346. The first kappa shape index (κ1) is 18.5. The average Bonchev–Trinajstić information content (AvgIpc) is 3.28. The number of amides is 1. The Hall–Kier alpha value is -2.25. The van der Waals surface area contributed by atoms with Gasteiger partial charge in [0.2, 0.25) is 0 Å². The highest BCUT2D eigenvalue weighted by Crippen LogP contribution is 2.28. The Morgan fingerprint density at radius 2 is 2.00 bits per heavy atom. The molecule has 2 aromatic rings. The first-order valence-electron chi connectivity index (χ1n) is 8.53. The number of benzene rings is 1. The summed E-state index contributed by atoms with van der Waals surface area (Å²) in [5.74, 6) is -0.926. The molecule has 0 aliphatic carbocycles. The van der Waals surface area contributed by atoms with Crippen molar-refractivity contribution in [3.05, 3.63) is 40.9 Å². The van der Waals surface area contributed by atoms with Crippen LogP contribution in [0, 0.1) is 0 Å². The second-order valence-electron chi connectivity index (χ2n) is 6.72. The van der Waals surface area contributed by atoms with E-state index in [9.17, 15) is 14.7 Å². The van der Waals surface area contributed by atoms with E-state index in [1.54, 1.807) is 5.38 Å². The Bertz CT molecular complexity index is 800. The van der Waals surface area contributed by atoms with Gasteiger partial charge in [0.25, 0.3) is 5.91 Å². The highest BCUT2D eigenvalue weighted by atomic mass is 32.1. The molecular formula is C19H22N2O4S. The number of aliphatic carboxylic acids is 1. The molecule has 0 spiro atoms. The quantitative estimate of drug-likeness (QED) is 0.869. The summed E-state index contributed by atoms with van der Waals surface area (Å²) >= 11 is 1.38. The van der Waals surface area contributed by atoms with Crippen molar-refractivity contribution in [3.63, 3.8) is 0 Å².